The summed E-state index contributed by atoms with van der Waals surface area (Å²) in [6.45, 7) is 5.62. The Morgan fingerprint density at radius 2 is 2.10 bits per heavy atom. The topological polar surface area (TPSA) is 68.0 Å². The molecule has 0 fully saturated rings. The van der Waals surface area contributed by atoms with Gasteiger partial charge in [0, 0.05) is 10.9 Å². The van der Waals surface area contributed by atoms with E-state index in [4.69, 9.17) is 4.42 Å². The van der Waals surface area contributed by atoms with Crippen LogP contribution in [0.2, 0.25) is 0 Å². The summed E-state index contributed by atoms with van der Waals surface area (Å²) in [7, 11) is 0. The van der Waals surface area contributed by atoms with Gasteiger partial charge >= 0.3 is 0 Å². The largest absolute Gasteiger partial charge is 0.466 e. The van der Waals surface area contributed by atoms with Crippen molar-refractivity contribution in [3.63, 3.8) is 0 Å². The van der Waals surface area contributed by atoms with E-state index in [2.05, 4.69) is 15.3 Å². The monoisotopic (exact) mass is 319 g/mol. The van der Waals surface area contributed by atoms with Crippen molar-refractivity contribution in [1.82, 2.24) is 9.97 Å². The number of aromatic nitrogens is 2. The van der Waals surface area contributed by atoms with Gasteiger partial charge in [-0.05, 0) is 26.8 Å². The fraction of sp³-hybridized carbons (Fsp3) is 0.214. The van der Waals surface area contributed by atoms with Crippen molar-refractivity contribution >= 4 is 33.7 Å². The Hall–Kier alpha value is -1.99. The molecule has 1 amide bonds. The Morgan fingerprint density at radius 1 is 1.29 bits per heavy atom. The van der Waals surface area contributed by atoms with E-state index in [-0.39, 0.29) is 5.91 Å². The third-order valence-corrected chi connectivity index (χ3v) is 4.68. The summed E-state index contributed by atoms with van der Waals surface area (Å²) in [6, 6.07) is 1.95. The Balaban J connectivity index is 1.81. The lowest BCUT2D eigenvalue weighted by atomic mass is 10.2. The van der Waals surface area contributed by atoms with Crippen molar-refractivity contribution in [3.8, 4) is 11.3 Å². The van der Waals surface area contributed by atoms with Gasteiger partial charge in [0.15, 0.2) is 5.13 Å². The van der Waals surface area contributed by atoms with Crippen molar-refractivity contribution in [1.29, 1.82) is 0 Å². The second kappa shape index (κ2) is 5.42. The van der Waals surface area contributed by atoms with Crippen LogP contribution in [0.4, 0.5) is 5.13 Å². The van der Waals surface area contributed by atoms with Crippen molar-refractivity contribution in [2.75, 3.05) is 5.32 Å². The molecule has 0 saturated carbocycles. The van der Waals surface area contributed by atoms with Crippen LogP contribution in [0.5, 0.6) is 0 Å². The molecule has 0 aliphatic heterocycles. The second-order valence-electron chi connectivity index (χ2n) is 4.59. The van der Waals surface area contributed by atoms with Gasteiger partial charge in [-0.1, -0.05) is 0 Å². The van der Waals surface area contributed by atoms with Crippen molar-refractivity contribution < 1.29 is 9.21 Å². The molecule has 0 atom stereocenters. The number of nitrogens with zero attached hydrogens (tertiary/aromatic N) is 2. The van der Waals surface area contributed by atoms with E-state index in [1.807, 2.05) is 32.2 Å². The molecule has 0 aliphatic carbocycles. The Bertz CT molecular complexity index is 801. The first-order chi connectivity index (χ1) is 10.0. The number of rotatable bonds is 3. The summed E-state index contributed by atoms with van der Waals surface area (Å²) in [4.78, 5) is 21.3. The highest BCUT2D eigenvalue weighted by atomic mass is 32.1. The van der Waals surface area contributed by atoms with Gasteiger partial charge in [-0.2, -0.15) is 0 Å². The van der Waals surface area contributed by atoms with E-state index in [1.54, 1.807) is 5.51 Å². The molecule has 0 bridgehead atoms. The number of hydrogen-bond acceptors (Lipinski definition) is 6. The molecule has 0 aliphatic rings. The zero-order valence-corrected chi connectivity index (χ0v) is 13.4. The number of carbonyl (C=O) groups is 1. The summed E-state index contributed by atoms with van der Waals surface area (Å²) in [5.41, 5.74) is 4.16. The van der Waals surface area contributed by atoms with Crippen LogP contribution in [-0.4, -0.2) is 15.9 Å². The summed E-state index contributed by atoms with van der Waals surface area (Å²) in [5, 5.41) is 5.29. The van der Waals surface area contributed by atoms with Gasteiger partial charge in [0.25, 0.3) is 5.91 Å². The summed E-state index contributed by atoms with van der Waals surface area (Å²) in [6.07, 6.45) is 0. The predicted molar refractivity (Wildman–Crippen MR) is 84.1 cm³/mol. The van der Waals surface area contributed by atoms with Gasteiger partial charge < -0.3 is 4.42 Å². The minimum Gasteiger partial charge on any atom is -0.466 e. The lowest BCUT2D eigenvalue weighted by Crippen LogP contribution is -2.11. The molecule has 21 heavy (non-hydrogen) atoms. The summed E-state index contributed by atoms with van der Waals surface area (Å²) < 4.78 is 5.50. The molecule has 0 spiro atoms. The molecule has 3 rings (SSSR count). The maximum Gasteiger partial charge on any atom is 0.269 e. The molecule has 0 aromatic carbocycles. The molecule has 0 radical (unpaired) electrons. The van der Waals surface area contributed by atoms with Gasteiger partial charge in [0.2, 0.25) is 0 Å². The van der Waals surface area contributed by atoms with Gasteiger partial charge in [-0.15, -0.1) is 22.7 Å². The van der Waals surface area contributed by atoms with E-state index in [9.17, 15) is 4.79 Å². The fourth-order valence-corrected chi connectivity index (χ4v) is 3.42. The van der Waals surface area contributed by atoms with E-state index >= 15 is 0 Å². The number of carbonyl (C=O) groups excluding carboxylic acids is 1. The summed E-state index contributed by atoms with van der Waals surface area (Å²) in [5.74, 6) is 1.51. The van der Waals surface area contributed by atoms with Gasteiger partial charge in [0.1, 0.15) is 16.4 Å². The van der Waals surface area contributed by atoms with E-state index in [1.165, 1.54) is 22.7 Å². The second-order valence-corrected chi connectivity index (χ2v) is 6.30. The minimum absolute atomic E-state index is 0.170. The Labute approximate surface area is 129 Å². The smallest absolute Gasteiger partial charge is 0.269 e. The van der Waals surface area contributed by atoms with Gasteiger partial charge in [-0.3, -0.25) is 10.1 Å². The van der Waals surface area contributed by atoms with Gasteiger partial charge in [0.05, 0.1) is 16.9 Å². The van der Waals surface area contributed by atoms with E-state index < -0.39 is 0 Å². The van der Waals surface area contributed by atoms with Crippen molar-refractivity contribution in [2.45, 2.75) is 20.8 Å². The first kappa shape index (κ1) is 14.0. The molecule has 108 valence electrons. The van der Waals surface area contributed by atoms with Crippen LogP contribution in [-0.2, 0) is 0 Å². The first-order valence-electron chi connectivity index (χ1n) is 6.29. The Morgan fingerprint density at radius 3 is 2.71 bits per heavy atom. The molecule has 0 unspecified atom stereocenters. The van der Waals surface area contributed by atoms with Crippen LogP contribution in [0.15, 0.2) is 21.4 Å². The third-order valence-electron chi connectivity index (χ3n) is 2.99. The normalized spacial score (nSPS) is 10.8. The lowest BCUT2D eigenvalue weighted by molar-refractivity contribution is 0.103. The van der Waals surface area contributed by atoms with E-state index in [0.717, 1.165) is 28.5 Å². The molecule has 3 aromatic rings. The lowest BCUT2D eigenvalue weighted by Gasteiger charge is -1.99. The number of anilines is 1. The number of nitrogens with one attached hydrogen (secondary N) is 1. The summed E-state index contributed by atoms with van der Waals surface area (Å²) >= 11 is 2.72. The molecule has 3 heterocycles. The highest BCUT2D eigenvalue weighted by Crippen LogP contribution is 2.30. The van der Waals surface area contributed by atoms with Crippen molar-refractivity contribution in [3.05, 3.63) is 39.0 Å². The number of amides is 1. The number of aryl methyl sites for hydroxylation is 3. The zero-order chi connectivity index (χ0) is 15.0. The van der Waals surface area contributed by atoms with Crippen LogP contribution in [0, 0.1) is 20.8 Å². The van der Waals surface area contributed by atoms with Crippen LogP contribution in [0.3, 0.4) is 0 Å². The molecule has 0 saturated heterocycles. The average molecular weight is 319 g/mol. The Kier molecular flexibility index (Phi) is 3.60. The van der Waals surface area contributed by atoms with Crippen LogP contribution < -0.4 is 5.32 Å². The average Bonchev–Trinajstić information content (AvgIpc) is 3.10. The highest BCUT2D eigenvalue weighted by molar-refractivity contribution is 7.14. The number of furan rings is 1. The third kappa shape index (κ3) is 2.74. The molecular formula is C14H13N3O2S2. The predicted octanol–water partition coefficient (Wildman–Crippen LogP) is 4.04. The maximum absolute atomic E-state index is 12.1. The van der Waals surface area contributed by atoms with Crippen LogP contribution in [0.25, 0.3) is 11.3 Å². The number of thiazole rings is 2. The molecular weight excluding hydrogens is 306 g/mol. The van der Waals surface area contributed by atoms with Crippen molar-refractivity contribution in [2.24, 2.45) is 0 Å². The van der Waals surface area contributed by atoms with Crippen LogP contribution >= 0.6 is 22.7 Å². The van der Waals surface area contributed by atoms with Crippen LogP contribution in [0.1, 0.15) is 26.9 Å². The zero-order valence-electron chi connectivity index (χ0n) is 11.8. The highest BCUT2D eigenvalue weighted by Gasteiger charge is 2.15. The molecule has 5 nitrogen and oxygen atoms in total. The van der Waals surface area contributed by atoms with E-state index in [0.29, 0.717) is 10.0 Å². The number of hydrogen-bond donors (Lipinski definition) is 1. The minimum atomic E-state index is -0.170. The standard InChI is InChI=1S/C14H13N3O2S2/c1-7-4-10(9(3)19-7)11-5-20-14(16-11)17-13(18)12-8(2)15-6-21-12/h4-6H,1-3H3,(H,16,17,18). The SMILES string of the molecule is Cc1cc(-c2csc(NC(=O)c3scnc3C)n2)c(C)o1. The quantitative estimate of drug-likeness (QED) is 0.791. The first-order valence-corrected chi connectivity index (χ1v) is 8.05. The molecule has 7 heteroatoms. The maximum atomic E-state index is 12.1. The molecule has 3 aromatic heterocycles. The molecule has 1 N–H and O–H groups in total. The van der Waals surface area contributed by atoms with Gasteiger partial charge in [-0.25, -0.2) is 9.97 Å². The fourth-order valence-electron chi connectivity index (χ4n) is 2.01.